The van der Waals surface area contributed by atoms with Gasteiger partial charge >= 0.3 is 23.9 Å². The Balaban J connectivity index is 4.45. The molecule has 7 nitrogen and oxygen atoms in total. The summed E-state index contributed by atoms with van der Waals surface area (Å²) in [6, 6.07) is 0. The third kappa shape index (κ3) is 7.98. The molecule has 122 valence electrons. The molecule has 0 aliphatic carbocycles. The molecular weight excluding hydrogens is 292 g/mol. The van der Waals surface area contributed by atoms with E-state index in [-0.39, 0.29) is 30.4 Å². The summed E-state index contributed by atoms with van der Waals surface area (Å²) in [7, 11) is 0. The molecule has 2 N–H and O–H groups in total. The number of carboxylic acid groups (broad SMARTS) is 2. The van der Waals surface area contributed by atoms with Crippen molar-refractivity contribution < 1.29 is 34.1 Å². The van der Waals surface area contributed by atoms with E-state index in [1.165, 1.54) is 32.9 Å². The van der Waals surface area contributed by atoms with E-state index in [2.05, 4.69) is 4.74 Å². The number of hydrogen-bond acceptors (Lipinski definition) is 5. The summed E-state index contributed by atoms with van der Waals surface area (Å²) in [6.45, 7) is 4.35. The van der Waals surface area contributed by atoms with Gasteiger partial charge in [-0.1, -0.05) is 19.1 Å². The van der Waals surface area contributed by atoms with Crippen LogP contribution in [0, 0.1) is 5.92 Å². The Morgan fingerprint density at radius 2 is 1.64 bits per heavy atom. The number of carbonyl (C=O) groups is 4. The molecule has 0 heterocycles. The van der Waals surface area contributed by atoms with E-state index >= 15 is 0 Å². The lowest BCUT2D eigenvalue weighted by Crippen LogP contribution is -2.19. The van der Waals surface area contributed by atoms with E-state index in [4.69, 9.17) is 10.2 Å². The van der Waals surface area contributed by atoms with Gasteiger partial charge in [-0.05, 0) is 26.7 Å². The van der Waals surface area contributed by atoms with Gasteiger partial charge in [-0.25, -0.2) is 9.59 Å². The molecule has 0 aromatic carbocycles. The number of hydrogen-bond donors (Lipinski definition) is 2. The number of rotatable bonds is 8. The van der Waals surface area contributed by atoms with Crippen LogP contribution < -0.4 is 0 Å². The third-order valence-corrected chi connectivity index (χ3v) is 2.84. The van der Waals surface area contributed by atoms with E-state index in [1.807, 2.05) is 0 Å². The molecule has 0 fully saturated rings. The highest BCUT2D eigenvalue weighted by Crippen LogP contribution is 2.10. The second-order valence-corrected chi connectivity index (χ2v) is 4.86. The molecule has 1 unspecified atom stereocenters. The Morgan fingerprint density at radius 1 is 1.05 bits per heavy atom. The fourth-order valence-corrected chi connectivity index (χ4v) is 1.31. The highest BCUT2D eigenvalue weighted by molar-refractivity contribution is 5.96. The summed E-state index contributed by atoms with van der Waals surface area (Å²) in [5.74, 6) is -4.31. The van der Waals surface area contributed by atoms with Gasteiger partial charge in [-0.15, -0.1) is 0 Å². The van der Waals surface area contributed by atoms with Crippen LogP contribution >= 0.6 is 0 Å². The van der Waals surface area contributed by atoms with Crippen LogP contribution in [0.5, 0.6) is 0 Å². The fraction of sp³-hybridized carbons (Fsp3) is 0.467. The van der Waals surface area contributed by atoms with Crippen LogP contribution in [0.2, 0.25) is 0 Å². The van der Waals surface area contributed by atoms with E-state index in [0.29, 0.717) is 0 Å². The molecule has 0 spiro atoms. The van der Waals surface area contributed by atoms with Crippen molar-refractivity contribution in [3.63, 3.8) is 0 Å². The normalized spacial score (nSPS) is 13.4. The molecule has 0 aliphatic heterocycles. The molecule has 0 amide bonds. The largest absolute Gasteiger partial charge is 0.481 e. The number of carboxylic acids is 2. The first-order valence-corrected chi connectivity index (χ1v) is 6.69. The van der Waals surface area contributed by atoms with Crippen molar-refractivity contribution >= 4 is 23.9 Å². The van der Waals surface area contributed by atoms with Crippen LogP contribution in [0.1, 0.15) is 40.0 Å². The Hall–Kier alpha value is -2.44. The zero-order valence-corrected chi connectivity index (χ0v) is 12.8. The first-order chi connectivity index (χ1) is 10.1. The van der Waals surface area contributed by atoms with Crippen LogP contribution in [0.4, 0.5) is 0 Å². The van der Waals surface area contributed by atoms with E-state index in [9.17, 15) is 19.2 Å². The number of esters is 2. The van der Waals surface area contributed by atoms with Crippen molar-refractivity contribution in [1.82, 2.24) is 0 Å². The second-order valence-electron chi connectivity index (χ2n) is 4.86. The van der Waals surface area contributed by atoms with Crippen molar-refractivity contribution in [2.75, 3.05) is 0 Å². The van der Waals surface area contributed by atoms with E-state index < -0.39 is 29.8 Å². The average Bonchev–Trinajstić information content (AvgIpc) is 2.43. The van der Waals surface area contributed by atoms with Crippen molar-refractivity contribution in [1.29, 1.82) is 0 Å². The predicted molar refractivity (Wildman–Crippen MR) is 76.9 cm³/mol. The lowest BCUT2D eigenvalue weighted by atomic mass is 10.1. The summed E-state index contributed by atoms with van der Waals surface area (Å²) >= 11 is 0. The Labute approximate surface area is 128 Å². The van der Waals surface area contributed by atoms with E-state index in [0.717, 1.165) is 0 Å². The fourth-order valence-electron chi connectivity index (χ4n) is 1.31. The van der Waals surface area contributed by atoms with Gasteiger partial charge in [0.15, 0.2) is 0 Å². The van der Waals surface area contributed by atoms with Gasteiger partial charge in [0, 0.05) is 17.6 Å². The highest BCUT2D eigenvalue weighted by Gasteiger charge is 2.18. The monoisotopic (exact) mass is 312 g/mol. The summed E-state index contributed by atoms with van der Waals surface area (Å²) in [4.78, 5) is 44.2. The standard InChI is InChI=1S/C15H20O7/c1-9(13(18)19)7-8-11(3)15(21)22-14(20)10(2)5-4-6-12(16)17/h5,7,11H,4,6,8H2,1-3H3,(H,16,17)(H,18,19). The van der Waals surface area contributed by atoms with E-state index in [1.54, 1.807) is 0 Å². The molecular formula is C15H20O7. The number of ether oxygens (including phenoxy) is 1. The van der Waals surface area contributed by atoms with Crippen molar-refractivity contribution in [2.24, 2.45) is 5.92 Å². The molecule has 0 rings (SSSR count). The van der Waals surface area contributed by atoms with Crippen LogP contribution in [0.3, 0.4) is 0 Å². The minimum atomic E-state index is -1.08. The first kappa shape index (κ1) is 19.6. The first-order valence-electron chi connectivity index (χ1n) is 6.69. The SMILES string of the molecule is CC(=CCC(C)C(=O)OC(=O)C(C)=CCCC(=O)O)C(=O)O. The van der Waals surface area contributed by atoms with Gasteiger partial charge in [-0.3, -0.25) is 9.59 Å². The summed E-state index contributed by atoms with van der Waals surface area (Å²) in [5, 5.41) is 17.2. The molecule has 0 aromatic rings. The molecule has 0 radical (unpaired) electrons. The third-order valence-electron chi connectivity index (χ3n) is 2.84. The molecule has 0 aliphatic rings. The van der Waals surface area contributed by atoms with Gasteiger partial charge in [0.2, 0.25) is 0 Å². The van der Waals surface area contributed by atoms with Crippen molar-refractivity contribution in [2.45, 2.75) is 40.0 Å². The lowest BCUT2D eigenvalue weighted by molar-refractivity contribution is -0.159. The number of carbonyl (C=O) groups excluding carboxylic acids is 2. The highest BCUT2D eigenvalue weighted by atomic mass is 16.6. The smallest absolute Gasteiger partial charge is 0.341 e. The van der Waals surface area contributed by atoms with Crippen LogP contribution in [0.15, 0.2) is 23.3 Å². The zero-order chi connectivity index (χ0) is 17.3. The summed E-state index contributed by atoms with van der Waals surface area (Å²) in [5.41, 5.74) is 0.259. The molecule has 0 saturated heterocycles. The van der Waals surface area contributed by atoms with Gasteiger partial charge in [-0.2, -0.15) is 0 Å². The van der Waals surface area contributed by atoms with Crippen molar-refractivity contribution in [3.8, 4) is 0 Å². The zero-order valence-electron chi connectivity index (χ0n) is 12.8. The Bertz CT molecular complexity index is 514. The summed E-state index contributed by atoms with van der Waals surface area (Å²) < 4.78 is 4.65. The molecule has 0 saturated carbocycles. The van der Waals surface area contributed by atoms with Gasteiger partial charge in [0.05, 0.1) is 5.92 Å². The van der Waals surface area contributed by atoms with Gasteiger partial charge in [0.1, 0.15) is 0 Å². The molecule has 1 atom stereocenters. The molecule has 0 aromatic heterocycles. The molecule has 22 heavy (non-hydrogen) atoms. The maximum absolute atomic E-state index is 11.7. The average molecular weight is 312 g/mol. The minimum absolute atomic E-state index is 0.107. The molecule has 0 bridgehead atoms. The van der Waals surface area contributed by atoms with Crippen molar-refractivity contribution in [3.05, 3.63) is 23.3 Å². The number of allylic oxidation sites excluding steroid dienone is 2. The maximum Gasteiger partial charge on any atom is 0.341 e. The second kappa shape index (κ2) is 9.49. The van der Waals surface area contributed by atoms with Gasteiger partial charge in [0.25, 0.3) is 0 Å². The van der Waals surface area contributed by atoms with Crippen LogP contribution in [0.25, 0.3) is 0 Å². The maximum atomic E-state index is 11.7. The topological polar surface area (TPSA) is 118 Å². The Morgan fingerprint density at radius 3 is 2.14 bits per heavy atom. The van der Waals surface area contributed by atoms with Crippen LogP contribution in [-0.2, 0) is 23.9 Å². The lowest BCUT2D eigenvalue weighted by Gasteiger charge is -2.08. The Kier molecular flexibility index (Phi) is 8.44. The number of aliphatic carboxylic acids is 2. The van der Waals surface area contributed by atoms with Crippen LogP contribution in [-0.4, -0.2) is 34.1 Å². The minimum Gasteiger partial charge on any atom is -0.481 e. The quantitative estimate of drug-likeness (QED) is 0.399. The van der Waals surface area contributed by atoms with Gasteiger partial charge < -0.3 is 14.9 Å². The molecule has 7 heteroatoms. The summed E-state index contributed by atoms with van der Waals surface area (Å²) in [6.07, 6.45) is 2.97. The predicted octanol–water partition coefficient (Wildman–Crippen LogP) is 1.92.